The second-order valence-corrected chi connectivity index (χ2v) is 12.6. The number of nitrogens with one attached hydrogen (secondary N) is 1. The average molecular weight is 517 g/mol. The van der Waals surface area contributed by atoms with Crippen molar-refractivity contribution in [2.45, 2.75) is 116 Å². The van der Waals surface area contributed by atoms with Gasteiger partial charge in [0.05, 0.1) is 23.3 Å². The summed E-state index contributed by atoms with van der Waals surface area (Å²) in [6, 6.07) is 2.31. The van der Waals surface area contributed by atoms with E-state index >= 15 is 0 Å². The molecule has 33 heavy (non-hydrogen) atoms. The fraction of sp³-hybridized carbons (Fsp3) is 0.840. The number of thioether (sulfide) groups is 2. The van der Waals surface area contributed by atoms with E-state index in [0.29, 0.717) is 19.3 Å². The molecule has 0 aromatic rings. The van der Waals surface area contributed by atoms with Gasteiger partial charge in [0.2, 0.25) is 5.91 Å². The molecule has 0 rings (SSSR count). The summed E-state index contributed by atoms with van der Waals surface area (Å²) in [5, 5.41) is 12.2. The molecule has 0 aromatic carbocycles. The Bertz CT molecular complexity index is 596. The van der Waals surface area contributed by atoms with Gasteiger partial charge in [-0.05, 0) is 45.8 Å². The maximum Gasteiger partial charge on any atom is 0.293 e. The first kappa shape index (κ1) is 32.2. The Morgan fingerprint density at radius 1 is 1.12 bits per heavy atom. The minimum Gasteiger partial charge on any atom is -0.468 e. The van der Waals surface area contributed by atoms with Crippen molar-refractivity contribution >= 4 is 51.6 Å². The van der Waals surface area contributed by atoms with Gasteiger partial charge in [-0.2, -0.15) is 5.26 Å². The summed E-state index contributed by atoms with van der Waals surface area (Å²) in [5.74, 6) is 0.860. The molecule has 0 saturated heterocycles. The molecule has 0 fully saturated rings. The van der Waals surface area contributed by atoms with Crippen LogP contribution in [0.3, 0.4) is 0 Å². The van der Waals surface area contributed by atoms with Crippen molar-refractivity contribution in [1.29, 1.82) is 5.26 Å². The van der Waals surface area contributed by atoms with Gasteiger partial charge in [0.1, 0.15) is 3.53 Å². The molecule has 190 valence electrons. The number of ether oxygens (including phenoxy) is 1. The van der Waals surface area contributed by atoms with E-state index in [1.165, 1.54) is 69.5 Å². The number of nitrogens with zero attached hydrogens (tertiary/aromatic N) is 1. The van der Waals surface area contributed by atoms with Crippen LogP contribution in [0, 0.1) is 16.7 Å². The second kappa shape index (κ2) is 20.6. The third-order valence-electron chi connectivity index (χ3n) is 5.43. The van der Waals surface area contributed by atoms with E-state index in [4.69, 9.17) is 17.0 Å². The van der Waals surface area contributed by atoms with Crippen molar-refractivity contribution in [3.05, 3.63) is 0 Å². The lowest BCUT2D eigenvalue weighted by Crippen LogP contribution is -2.40. The van der Waals surface area contributed by atoms with Gasteiger partial charge in [-0.15, -0.1) is 11.8 Å². The van der Waals surface area contributed by atoms with E-state index in [1.54, 1.807) is 18.7 Å². The van der Waals surface area contributed by atoms with Crippen LogP contribution in [0.1, 0.15) is 105 Å². The lowest BCUT2D eigenvalue weighted by atomic mass is 9.83. The average Bonchev–Trinajstić information content (AvgIpc) is 2.76. The molecular weight excluding hydrogens is 472 g/mol. The molecule has 0 bridgehead atoms. The molecule has 0 aliphatic rings. The van der Waals surface area contributed by atoms with Crippen molar-refractivity contribution < 1.29 is 14.3 Å². The van der Waals surface area contributed by atoms with Crippen LogP contribution in [-0.4, -0.2) is 39.6 Å². The van der Waals surface area contributed by atoms with Crippen LogP contribution < -0.4 is 5.32 Å². The van der Waals surface area contributed by atoms with Crippen LogP contribution in [-0.2, 0) is 14.3 Å². The van der Waals surface area contributed by atoms with E-state index < -0.39 is 10.7 Å². The number of carbonyl (C=O) groups is 2. The van der Waals surface area contributed by atoms with E-state index in [1.807, 2.05) is 13.8 Å². The number of nitriles is 1. The fourth-order valence-electron chi connectivity index (χ4n) is 3.41. The zero-order chi connectivity index (χ0) is 25.0. The first-order valence-electron chi connectivity index (χ1n) is 12.4. The highest BCUT2D eigenvalue weighted by molar-refractivity contribution is 8.47. The van der Waals surface area contributed by atoms with Crippen LogP contribution in [0.15, 0.2) is 0 Å². The topological polar surface area (TPSA) is 79.2 Å². The smallest absolute Gasteiger partial charge is 0.293 e. The van der Waals surface area contributed by atoms with Crippen LogP contribution >= 0.6 is 35.7 Å². The number of amides is 1. The molecular formula is C25H44N2O3S3. The molecule has 2 atom stereocenters. The molecule has 0 aromatic heterocycles. The Kier molecular flexibility index (Phi) is 20.1. The van der Waals surface area contributed by atoms with Crippen LogP contribution in [0.2, 0.25) is 0 Å². The first-order valence-corrected chi connectivity index (χ1v) is 14.7. The minimum atomic E-state index is -0.772. The summed E-state index contributed by atoms with van der Waals surface area (Å²) < 4.78 is 5.52. The Morgan fingerprint density at radius 3 is 2.21 bits per heavy atom. The van der Waals surface area contributed by atoms with Crippen molar-refractivity contribution in [3.8, 4) is 6.07 Å². The first-order chi connectivity index (χ1) is 15.8. The molecule has 0 aliphatic carbocycles. The molecule has 5 nitrogen and oxygen atoms in total. The second-order valence-electron chi connectivity index (χ2n) is 9.14. The monoisotopic (exact) mass is 516 g/mol. The SMILES string of the molecule is CCCCCCCCCCCCSC(=S)SC(CC(C)(C#N)CCOC=O)C(=O)NC(C)C. The zero-order valence-corrected chi connectivity index (χ0v) is 23.5. The van der Waals surface area contributed by atoms with Crippen molar-refractivity contribution in [3.63, 3.8) is 0 Å². The molecule has 0 saturated carbocycles. The zero-order valence-electron chi connectivity index (χ0n) is 21.0. The van der Waals surface area contributed by atoms with E-state index in [-0.39, 0.29) is 18.6 Å². The molecule has 0 spiro atoms. The number of carbonyl (C=O) groups excluding carboxylic acids is 2. The number of unbranched alkanes of at least 4 members (excludes halogenated alkanes) is 9. The molecule has 2 unspecified atom stereocenters. The van der Waals surface area contributed by atoms with Gasteiger partial charge >= 0.3 is 0 Å². The van der Waals surface area contributed by atoms with Gasteiger partial charge in [0.15, 0.2) is 0 Å². The third-order valence-corrected chi connectivity index (χ3v) is 8.30. The van der Waals surface area contributed by atoms with Crippen molar-refractivity contribution in [2.75, 3.05) is 12.4 Å². The van der Waals surface area contributed by atoms with Gasteiger partial charge < -0.3 is 10.1 Å². The van der Waals surface area contributed by atoms with Gasteiger partial charge in [0.25, 0.3) is 6.47 Å². The van der Waals surface area contributed by atoms with Gasteiger partial charge in [-0.1, -0.05) is 88.7 Å². The standard InChI is InChI=1S/C25H44N2O3S3/c1-5-6-7-8-9-10-11-12-13-14-17-32-24(31)33-22(23(29)27-21(2)3)18-25(4,19-26)15-16-30-20-28/h20-22H,5-18H2,1-4H3,(H,27,29). The van der Waals surface area contributed by atoms with Crippen molar-refractivity contribution in [1.82, 2.24) is 5.32 Å². The van der Waals surface area contributed by atoms with Gasteiger partial charge in [0, 0.05) is 6.04 Å². The maximum atomic E-state index is 12.8. The highest BCUT2D eigenvalue weighted by Crippen LogP contribution is 2.34. The number of thiocarbonyl (C=S) groups is 1. The molecule has 8 heteroatoms. The summed E-state index contributed by atoms with van der Waals surface area (Å²) in [5.41, 5.74) is -0.772. The number of hydrogen-bond acceptors (Lipinski definition) is 7. The molecule has 0 heterocycles. The highest BCUT2D eigenvalue weighted by Gasteiger charge is 2.33. The Labute approximate surface area is 215 Å². The summed E-state index contributed by atoms with van der Waals surface area (Å²) in [6.45, 7) is 8.43. The van der Waals surface area contributed by atoms with E-state index in [0.717, 1.165) is 15.7 Å². The summed E-state index contributed by atoms with van der Waals surface area (Å²) in [4.78, 5) is 23.2. The van der Waals surface area contributed by atoms with Crippen LogP contribution in [0.25, 0.3) is 0 Å². The lowest BCUT2D eigenvalue weighted by molar-refractivity contribution is -0.129. The third kappa shape index (κ3) is 18.2. The van der Waals surface area contributed by atoms with E-state index in [2.05, 4.69) is 18.3 Å². The Balaban J connectivity index is 4.41. The lowest BCUT2D eigenvalue weighted by Gasteiger charge is -2.26. The maximum absolute atomic E-state index is 12.8. The minimum absolute atomic E-state index is 0.0141. The molecule has 1 amide bonds. The molecule has 0 radical (unpaired) electrons. The predicted octanol–water partition coefficient (Wildman–Crippen LogP) is 7.03. The normalized spacial score (nSPS) is 13.7. The Hall–Kier alpha value is -0.780. The van der Waals surface area contributed by atoms with Gasteiger partial charge in [-0.3, -0.25) is 9.59 Å². The quantitative estimate of drug-likeness (QED) is 0.106. The molecule has 1 N–H and O–H groups in total. The summed E-state index contributed by atoms with van der Waals surface area (Å²) in [6.07, 6.45) is 13.8. The Morgan fingerprint density at radius 2 is 1.70 bits per heavy atom. The molecule has 0 aliphatic heterocycles. The highest BCUT2D eigenvalue weighted by atomic mass is 32.2. The van der Waals surface area contributed by atoms with Gasteiger partial charge in [-0.25, -0.2) is 0 Å². The van der Waals surface area contributed by atoms with Crippen molar-refractivity contribution in [2.24, 2.45) is 5.41 Å². The van der Waals surface area contributed by atoms with E-state index in [9.17, 15) is 14.9 Å². The van der Waals surface area contributed by atoms with Crippen LogP contribution in [0.5, 0.6) is 0 Å². The largest absolute Gasteiger partial charge is 0.468 e. The summed E-state index contributed by atoms with van der Waals surface area (Å²) in [7, 11) is 0. The van der Waals surface area contributed by atoms with Crippen LogP contribution in [0.4, 0.5) is 0 Å². The number of hydrogen-bond donors (Lipinski definition) is 1. The number of rotatable bonds is 20. The fourth-order valence-corrected chi connectivity index (χ4v) is 6.25. The predicted molar refractivity (Wildman–Crippen MR) is 147 cm³/mol. The summed E-state index contributed by atoms with van der Waals surface area (Å²) >= 11 is 8.57.